The molecule has 2 aliphatic heterocycles. The summed E-state index contributed by atoms with van der Waals surface area (Å²) in [6.45, 7) is 9.48. The number of rotatable bonds is 7. The van der Waals surface area contributed by atoms with Gasteiger partial charge in [0.15, 0.2) is 0 Å². The van der Waals surface area contributed by atoms with Crippen LogP contribution in [0.4, 0.5) is 0 Å². The Bertz CT molecular complexity index is 737. The van der Waals surface area contributed by atoms with E-state index in [0.29, 0.717) is 12.5 Å². The fourth-order valence-corrected chi connectivity index (χ4v) is 5.85. The van der Waals surface area contributed by atoms with Gasteiger partial charge in [0, 0.05) is 26.2 Å². The SMILES string of the molecule is CC.CCCCN1C(=O)C(CC2CCCCC2)NC(=O)C12CCN(Cc1ccccc1)CC2. The lowest BCUT2D eigenvalue weighted by atomic mass is 9.79. The number of benzene rings is 1. The molecule has 0 radical (unpaired) electrons. The van der Waals surface area contributed by atoms with Gasteiger partial charge in [0.25, 0.3) is 0 Å². The Morgan fingerprint density at radius 2 is 1.67 bits per heavy atom. The number of hydrogen-bond acceptors (Lipinski definition) is 3. The maximum absolute atomic E-state index is 13.6. The van der Waals surface area contributed by atoms with Crippen LogP contribution in [0, 0.1) is 5.92 Å². The number of likely N-dealkylation sites (tertiary alicyclic amines) is 1. The molecule has 1 aromatic rings. The van der Waals surface area contributed by atoms with E-state index in [-0.39, 0.29) is 17.9 Å². The van der Waals surface area contributed by atoms with E-state index < -0.39 is 5.54 Å². The number of amides is 2. The van der Waals surface area contributed by atoms with Crippen LogP contribution in [0.2, 0.25) is 0 Å². The Kier molecular flexibility index (Phi) is 9.78. The fraction of sp³-hybridized carbons (Fsp3) is 0.714. The molecule has 1 aliphatic carbocycles. The first-order chi connectivity index (χ1) is 16.1. The predicted molar refractivity (Wildman–Crippen MR) is 135 cm³/mol. The Morgan fingerprint density at radius 1 is 1.00 bits per heavy atom. The quantitative estimate of drug-likeness (QED) is 0.619. The van der Waals surface area contributed by atoms with Gasteiger partial charge in [0.2, 0.25) is 11.8 Å². The van der Waals surface area contributed by atoms with Crippen LogP contribution in [0.15, 0.2) is 30.3 Å². The first-order valence-corrected chi connectivity index (χ1v) is 13.5. The molecule has 33 heavy (non-hydrogen) atoms. The lowest BCUT2D eigenvalue weighted by molar-refractivity contribution is -0.162. The Hall–Kier alpha value is -1.88. The topological polar surface area (TPSA) is 52.7 Å². The highest BCUT2D eigenvalue weighted by Gasteiger charge is 2.53. The number of nitrogens with one attached hydrogen (secondary N) is 1. The normalized spacial score (nSPS) is 23.7. The summed E-state index contributed by atoms with van der Waals surface area (Å²) in [6, 6.07) is 10.2. The zero-order valence-electron chi connectivity index (χ0n) is 21.2. The van der Waals surface area contributed by atoms with Crippen LogP contribution in [0.25, 0.3) is 0 Å². The van der Waals surface area contributed by atoms with Crippen LogP contribution in [-0.4, -0.2) is 52.8 Å². The van der Waals surface area contributed by atoms with Gasteiger partial charge in [-0.2, -0.15) is 0 Å². The van der Waals surface area contributed by atoms with E-state index in [2.05, 4.69) is 41.4 Å². The molecule has 2 saturated heterocycles. The Labute approximate surface area is 201 Å². The number of piperidine rings is 1. The van der Waals surface area contributed by atoms with Gasteiger partial charge in [-0.3, -0.25) is 14.5 Å². The first-order valence-electron chi connectivity index (χ1n) is 13.5. The van der Waals surface area contributed by atoms with Gasteiger partial charge in [-0.25, -0.2) is 0 Å². The molecule has 0 bridgehead atoms. The van der Waals surface area contributed by atoms with Gasteiger partial charge in [-0.05, 0) is 37.2 Å². The summed E-state index contributed by atoms with van der Waals surface area (Å²) in [5.41, 5.74) is 0.653. The number of carbonyl (C=O) groups excluding carboxylic acids is 2. The van der Waals surface area contributed by atoms with Crippen molar-refractivity contribution in [1.29, 1.82) is 0 Å². The van der Waals surface area contributed by atoms with Gasteiger partial charge >= 0.3 is 0 Å². The zero-order chi connectivity index (χ0) is 23.7. The van der Waals surface area contributed by atoms with Crippen molar-refractivity contribution in [2.24, 2.45) is 5.92 Å². The highest BCUT2D eigenvalue weighted by molar-refractivity contribution is 6.00. The molecule has 1 saturated carbocycles. The number of unbranched alkanes of at least 4 members (excludes halogenated alkanes) is 1. The van der Waals surface area contributed by atoms with E-state index in [1.54, 1.807) is 0 Å². The van der Waals surface area contributed by atoms with Crippen LogP contribution in [-0.2, 0) is 16.1 Å². The van der Waals surface area contributed by atoms with Crippen LogP contribution in [0.5, 0.6) is 0 Å². The van der Waals surface area contributed by atoms with Gasteiger partial charge < -0.3 is 10.2 Å². The lowest BCUT2D eigenvalue weighted by Gasteiger charge is -2.52. The van der Waals surface area contributed by atoms with E-state index in [1.807, 2.05) is 24.8 Å². The van der Waals surface area contributed by atoms with Crippen molar-refractivity contribution < 1.29 is 9.59 Å². The lowest BCUT2D eigenvalue weighted by Crippen LogP contribution is -2.73. The van der Waals surface area contributed by atoms with Crippen molar-refractivity contribution in [3.63, 3.8) is 0 Å². The van der Waals surface area contributed by atoms with Gasteiger partial charge in [0.1, 0.15) is 11.6 Å². The molecule has 1 atom stereocenters. The smallest absolute Gasteiger partial charge is 0.246 e. The summed E-state index contributed by atoms with van der Waals surface area (Å²) in [6.07, 6.45) is 10.5. The molecule has 5 heteroatoms. The van der Waals surface area contributed by atoms with Gasteiger partial charge in [-0.1, -0.05) is 89.6 Å². The molecule has 1 N–H and O–H groups in total. The third-order valence-electron chi connectivity index (χ3n) is 7.77. The summed E-state index contributed by atoms with van der Waals surface area (Å²) in [7, 11) is 0. The number of carbonyl (C=O) groups is 2. The molecule has 5 nitrogen and oxygen atoms in total. The summed E-state index contributed by atoms with van der Waals surface area (Å²) < 4.78 is 0. The highest BCUT2D eigenvalue weighted by Crippen LogP contribution is 2.36. The number of piperazine rings is 1. The minimum absolute atomic E-state index is 0.100. The largest absolute Gasteiger partial charge is 0.342 e. The van der Waals surface area contributed by atoms with E-state index in [9.17, 15) is 9.59 Å². The first kappa shape index (κ1) is 25.7. The number of hydrogen-bond donors (Lipinski definition) is 1. The molecule has 2 heterocycles. The monoisotopic (exact) mass is 455 g/mol. The summed E-state index contributed by atoms with van der Waals surface area (Å²) >= 11 is 0. The second-order valence-corrected chi connectivity index (χ2v) is 9.90. The van der Waals surface area contributed by atoms with Crippen LogP contribution < -0.4 is 5.32 Å². The van der Waals surface area contributed by atoms with E-state index in [1.165, 1.54) is 37.7 Å². The molecule has 184 valence electrons. The Morgan fingerprint density at radius 3 is 2.30 bits per heavy atom. The van der Waals surface area contributed by atoms with E-state index >= 15 is 0 Å². The molecular weight excluding hydrogens is 410 g/mol. The van der Waals surface area contributed by atoms with E-state index in [4.69, 9.17) is 0 Å². The maximum atomic E-state index is 13.6. The molecule has 3 aliphatic rings. The van der Waals surface area contributed by atoms with Crippen LogP contribution >= 0.6 is 0 Å². The predicted octanol–water partition coefficient (Wildman–Crippen LogP) is 5.14. The third kappa shape index (κ3) is 6.17. The third-order valence-corrected chi connectivity index (χ3v) is 7.77. The van der Waals surface area contributed by atoms with Crippen molar-refractivity contribution in [3.8, 4) is 0 Å². The zero-order valence-corrected chi connectivity index (χ0v) is 21.2. The average Bonchev–Trinajstić information content (AvgIpc) is 2.86. The minimum atomic E-state index is -0.650. The summed E-state index contributed by atoms with van der Waals surface area (Å²) in [5.74, 6) is 0.858. The number of nitrogens with zero attached hydrogens (tertiary/aromatic N) is 2. The van der Waals surface area contributed by atoms with E-state index in [0.717, 1.165) is 51.7 Å². The van der Waals surface area contributed by atoms with Crippen molar-refractivity contribution in [2.45, 2.75) is 103 Å². The molecule has 1 spiro atoms. The summed E-state index contributed by atoms with van der Waals surface area (Å²) in [5, 5.41) is 3.20. The fourth-order valence-electron chi connectivity index (χ4n) is 5.85. The highest BCUT2D eigenvalue weighted by atomic mass is 16.2. The minimum Gasteiger partial charge on any atom is -0.342 e. The van der Waals surface area contributed by atoms with Crippen molar-refractivity contribution >= 4 is 11.8 Å². The second kappa shape index (κ2) is 12.5. The van der Waals surface area contributed by atoms with Gasteiger partial charge in [-0.15, -0.1) is 0 Å². The summed E-state index contributed by atoms with van der Waals surface area (Å²) in [4.78, 5) is 31.5. The standard InChI is InChI=1S/C26H39N3O2.C2H6/c1-2-3-16-29-24(30)23(19-21-10-6-4-7-11-21)27-25(31)26(29)14-17-28(18-15-26)20-22-12-8-5-9-13-22;1-2/h5,8-9,12-13,21,23H,2-4,6-7,10-11,14-20H2,1H3,(H,27,31);1-2H3. The second-order valence-electron chi connectivity index (χ2n) is 9.90. The van der Waals surface area contributed by atoms with Crippen molar-refractivity contribution in [1.82, 2.24) is 15.1 Å². The molecular formula is C28H45N3O2. The van der Waals surface area contributed by atoms with Gasteiger partial charge in [0.05, 0.1) is 0 Å². The molecule has 1 aromatic carbocycles. The molecule has 2 amide bonds. The molecule has 1 unspecified atom stereocenters. The van der Waals surface area contributed by atoms with Crippen LogP contribution in [0.1, 0.15) is 90.5 Å². The van der Waals surface area contributed by atoms with Crippen LogP contribution in [0.3, 0.4) is 0 Å². The van der Waals surface area contributed by atoms with Crippen molar-refractivity contribution in [2.75, 3.05) is 19.6 Å². The maximum Gasteiger partial charge on any atom is 0.246 e. The average molecular weight is 456 g/mol. The molecule has 3 fully saturated rings. The Balaban J connectivity index is 0.00000149. The molecule has 4 rings (SSSR count). The molecule has 0 aromatic heterocycles. The van der Waals surface area contributed by atoms with Crippen molar-refractivity contribution in [3.05, 3.63) is 35.9 Å².